The summed E-state index contributed by atoms with van der Waals surface area (Å²) in [6.07, 6.45) is 3.92. The number of aryl methyl sites for hydroxylation is 1. The number of rotatable bonds is 4. The van der Waals surface area contributed by atoms with Gasteiger partial charge in [-0.3, -0.25) is 14.4 Å². The second-order valence-electron chi connectivity index (χ2n) is 9.77. The number of nitrogens with one attached hydrogen (secondary N) is 1. The molecule has 6 rings (SSSR count). The molecule has 4 atom stereocenters. The molecule has 1 N–H and O–H groups in total. The fourth-order valence-corrected chi connectivity index (χ4v) is 6.33. The van der Waals surface area contributed by atoms with Crippen LogP contribution in [0.15, 0.2) is 72.8 Å². The first-order valence-corrected chi connectivity index (χ1v) is 12.0. The quantitative estimate of drug-likeness (QED) is 0.556. The molecule has 0 aromatic heterocycles. The number of hydrogen-bond donors (Lipinski definition) is 1. The highest BCUT2D eigenvalue weighted by Crippen LogP contribution is 2.57. The third-order valence-electron chi connectivity index (χ3n) is 7.87. The lowest BCUT2D eigenvalue weighted by Crippen LogP contribution is -2.51. The number of carbonyl (C=O) groups is 3. The summed E-state index contributed by atoms with van der Waals surface area (Å²) in [7, 11) is 1.61. The number of fused-ring (bicyclic) bond motifs is 6. The molecular weight excluding hydrogens is 452 g/mol. The van der Waals surface area contributed by atoms with Gasteiger partial charge in [-0.05, 0) is 43.7 Å². The van der Waals surface area contributed by atoms with Crippen LogP contribution in [0, 0.1) is 12.8 Å². The van der Waals surface area contributed by atoms with Gasteiger partial charge in [-0.2, -0.15) is 0 Å². The van der Waals surface area contributed by atoms with Gasteiger partial charge in [-0.15, -0.1) is 0 Å². The highest BCUT2D eigenvalue weighted by atomic mass is 16.5. The maximum Gasteiger partial charge on any atom is 0.238 e. The molecule has 6 heteroatoms. The van der Waals surface area contributed by atoms with Crippen molar-refractivity contribution in [1.29, 1.82) is 0 Å². The predicted octanol–water partition coefficient (Wildman–Crippen LogP) is 4.57. The van der Waals surface area contributed by atoms with E-state index in [-0.39, 0.29) is 17.5 Å². The molecule has 0 aliphatic carbocycles. The van der Waals surface area contributed by atoms with Crippen LogP contribution in [0.25, 0.3) is 6.08 Å². The minimum Gasteiger partial charge on any atom is -0.497 e. The lowest BCUT2D eigenvalue weighted by molar-refractivity contribution is -0.122. The van der Waals surface area contributed by atoms with E-state index in [0.29, 0.717) is 17.0 Å². The monoisotopic (exact) mass is 478 g/mol. The van der Waals surface area contributed by atoms with Crippen LogP contribution in [0.2, 0.25) is 0 Å². The molecule has 1 spiro atoms. The van der Waals surface area contributed by atoms with Gasteiger partial charge in [0.1, 0.15) is 11.2 Å². The molecule has 1 saturated heterocycles. The molecule has 3 aliphatic heterocycles. The van der Waals surface area contributed by atoms with E-state index in [1.807, 2.05) is 78.6 Å². The Kier molecular flexibility index (Phi) is 4.90. The zero-order valence-electron chi connectivity index (χ0n) is 20.3. The smallest absolute Gasteiger partial charge is 0.238 e. The van der Waals surface area contributed by atoms with Gasteiger partial charge in [-0.1, -0.05) is 60.2 Å². The zero-order valence-corrected chi connectivity index (χ0v) is 20.3. The normalized spacial score (nSPS) is 25.2. The summed E-state index contributed by atoms with van der Waals surface area (Å²) in [5.74, 6) is -0.837. The third-order valence-corrected chi connectivity index (χ3v) is 7.87. The number of benzene rings is 3. The molecule has 6 nitrogen and oxygen atoms in total. The van der Waals surface area contributed by atoms with Crippen molar-refractivity contribution in [3.8, 4) is 5.75 Å². The number of carbonyl (C=O) groups excluding carboxylic acids is 3. The van der Waals surface area contributed by atoms with Gasteiger partial charge in [0.15, 0.2) is 11.6 Å². The second kappa shape index (κ2) is 7.92. The number of methoxy groups -OCH3 is 1. The Bertz CT molecular complexity index is 1460. The highest BCUT2D eigenvalue weighted by molar-refractivity contribution is 6.16. The minimum absolute atomic E-state index is 0.156. The number of hydrogen-bond acceptors (Lipinski definition) is 5. The first-order valence-electron chi connectivity index (χ1n) is 12.0. The van der Waals surface area contributed by atoms with E-state index in [9.17, 15) is 14.4 Å². The van der Waals surface area contributed by atoms with Crippen LogP contribution in [0.1, 0.15) is 34.0 Å². The van der Waals surface area contributed by atoms with Crippen molar-refractivity contribution in [2.24, 2.45) is 5.92 Å². The molecule has 3 aromatic carbocycles. The third kappa shape index (κ3) is 2.87. The Labute approximate surface area is 209 Å². The second-order valence-corrected chi connectivity index (χ2v) is 9.77. The van der Waals surface area contributed by atoms with Crippen LogP contribution in [0.5, 0.6) is 5.75 Å². The van der Waals surface area contributed by atoms with Gasteiger partial charge >= 0.3 is 0 Å². The van der Waals surface area contributed by atoms with E-state index in [0.717, 1.165) is 22.4 Å². The molecule has 0 saturated carbocycles. The Balaban J connectivity index is 1.64. The van der Waals surface area contributed by atoms with Crippen LogP contribution < -0.4 is 15.0 Å². The van der Waals surface area contributed by atoms with E-state index in [2.05, 4.69) is 5.32 Å². The van der Waals surface area contributed by atoms with E-state index in [1.165, 1.54) is 6.92 Å². The number of ketones is 2. The predicted molar refractivity (Wildman–Crippen MR) is 139 cm³/mol. The van der Waals surface area contributed by atoms with E-state index in [4.69, 9.17) is 4.74 Å². The first-order chi connectivity index (χ1) is 17.4. The van der Waals surface area contributed by atoms with Gasteiger partial charge in [0.2, 0.25) is 5.91 Å². The Morgan fingerprint density at radius 3 is 2.50 bits per heavy atom. The summed E-state index contributed by atoms with van der Waals surface area (Å²) in [6, 6.07) is 19.2. The lowest BCUT2D eigenvalue weighted by atomic mass is 9.64. The Morgan fingerprint density at radius 1 is 1.03 bits per heavy atom. The molecule has 0 bridgehead atoms. The van der Waals surface area contributed by atoms with Crippen molar-refractivity contribution >= 4 is 34.9 Å². The molecule has 1 fully saturated rings. The largest absolute Gasteiger partial charge is 0.497 e. The highest BCUT2D eigenvalue weighted by Gasteiger charge is 2.69. The van der Waals surface area contributed by atoms with Crippen molar-refractivity contribution in [3.63, 3.8) is 0 Å². The fourth-order valence-electron chi connectivity index (χ4n) is 6.33. The average molecular weight is 479 g/mol. The first kappa shape index (κ1) is 22.3. The van der Waals surface area contributed by atoms with E-state index in [1.54, 1.807) is 19.2 Å². The fraction of sp³-hybridized carbons (Fsp3) is 0.233. The number of Topliss-reactive ketones (excluding diaryl/α,β-unsaturated/α-hetero) is 2. The minimum atomic E-state index is -1.26. The van der Waals surface area contributed by atoms with Crippen molar-refractivity contribution in [2.45, 2.75) is 31.3 Å². The summed E-state index contributed by atoms with van der Waals surface area (Å²) in [5, 5.41) is 3.03. The molecule has 3 heterocycles. The summed E-state index contributed by atoms with van der Waals surface area (Å²) in [5.41, 5.74) is 3.38. The van der Waals surface area contributed by atoms with Crippen molar-refractivity contribution in [2.75, 3.05) is 17.3 Å². The summed E-state index contributed by atoms with van der Waals surface area (Å²) in [6.45, 7) is 3.47. The molecule has 1 amide bonds. The maximum atomic E-state index is 14.3. The van der Waals surface area contributed by atoms with Gasteiger partial charge in [-0.25, -0.2) is 0 Å². The SMILES string of the molecule is COc1ccc2c(c1)C=CC1N2C(C(C)=O)C(C(=O)c2ccc(C)cc2)C12C(=O)Nc1ccccc12. The van der Waals surface area contributed by atoms with Crippen LogP contribution in [-0.4, -0.2) is 36.7 Å². The summed E-state index contributed by atoms with van der Waals surface area (Å²) in [4.78, 5) is 43.8. The summed E-state index contributed by atoms with van der Waals surface area (Å²) < 4.78 is 5.41. The molecule has 3 aliphatic rings. The standard InChI is InChI=1S/C30H26N2O4/c1-17-8-10-19(11-9-17)28(34)26-27(18(2)33)32-24-14-13-21(36-3)16-20(24)12-15-25(32)30(26)22-6-4-5-7-23(22)31-29(30)35/h4-16,25-27H,1-3H3,(H,31,35). The zero-order chi connectivity index (χ0) is 25.2. The van der Waals surface area contributed by atoms with Gasteiger partial charge in [0, 0.05) is 22.5 Å². The van der Waals surface area contributed by atoms with Crippen LogP contribution >= 0.6 is 0 Å². The molecule has 0 radical (unpaired) electrons. The number of nitrogens with zero attached hydrogens (tertiary/aromatic N) is 1. The number of amides is 1. The molecule has 3 aromatic rings. The van der Waals surface area contributed by atoms with Crippen LogP contribution in [0.3, 0.4) is 0 Å². The molecule has 4 unspecified atom stereocenters. The number of ether oxygens (including phenoxy) is 1. The van der Waals surface area contributed by atoms with Gasteiger partial charge < -0.3 is 15.0 Å². The van der Waals surface area contributed by atoms with Crippen LogP contribution in [-0.2, 0) is 15.0 Å². The van der Waals surface area contributed by atoms with Crippen LogP contribution in [0.4, 0.5) is 11.4 Å². The van der Waals surface area contributed by atoms with Gasteiger partial charge in [0.05, 0.1) is 25.1 Å². The average Bonchev–Trinajstić information content (AvgIpc) is 3.36. The number of anilines is 2. The Hall–Kier alpha value is -4.19. The topological polar surface area (TPSA) is 75.7 Å². The molecular formula is C30H26N2O4. The lowest BCUT2D eigenvalue weighted by Gasteiger charge is -2.37. The van der Waals surface area contributed by atoms with E-state index < -0.39 is 23.4 Å². The molecule has 36 heavy (non-hydrogen) atoms. The Morgan fingerprint density at radius 2 is 1.78 bits per heavy atom. The number of para-hydroxylation sites is 1. The maximum absolute atomic E-state index is 14.3. The van der Waals surface area contributed by atoms with Crippen molar-refractivity contribution < 1.29 is 19.1 Å². The molecule has 180 valence electrons. The van der Waals surface area contributed by atoms with E-state index >= 15 is 0 Å². The van der Waals surface area contributed by atoms with Crippen molar-refractivity contribution in [1.82, 2.24) is 0 Å². The van der Waals surface area contributed by atoms with Gasteiger partial charge in [0.25, 0.3) is 0 Å². The van der Waals surface area contributed by atoms with Crippen molar-refractivity contribution in [3.05, 3.63) is 95.1 Å². The summed E-state index contributed by atoms with van der Waals surface area (Å²) >= 11 is 0.